The van der Waals surface area contributed by atoms with E-state index in [1.165, 1.54) is 6.42 Å². The molecule has 0 aromatic heterocycles. The van der Waals surface area contributed by atoms with Gasteiger partial charge in [0.05, 0.1) is 0 Å². The molecule has 1 nitrogen and oxygen atoms in total. The highest BCUT2D eigenvalue weighted by Crippen LogP contribution is 1.81. The van der Waals surface area contributed by atoms with Crippen LogP contribution in [0.15, 0.2) is 0 Å². The number of hydrogen-bond donors (Lipinski definition) is 1. The van der Waals surface area contributed by atoms with Gasteiger partial charge in [-0.3, -0.25) is 0 Å². The molecule has 1 N–H and O–H groups in total. The van der Waals surface area contributed by atoms with Crippen LogP contribution in [0.25, 0.3) is 0 Å². The van der Waals surface area contributed by atoms with Gasteiger partial charge in [-0.15, -0.1) is 0 Å². The van der Waals surface area contributed by atoms with Gasteiger partial charge in [-0.05, 0) is 25.7 Å². The van der Waals surface area contributed by atoms with Crippen molar-refractivity contribution in [3.8, 4) is 0 Å². The van der Waals surface area contributed by atoms with E-state index in [0.717, 1.165) is 11.8 Å². The number of rotatable bonds is 0. The maximum atomic E-state index is 8.06. The normalized spacial score (nSPS) is 8.40. The van der Waals surface area contributed by atoms with Gasteiger partial charge in [0.2, 0.25) is 0 Å². The van der Waals surface area contributed by atoms with E-state index in [-0.39, 0.29) is 6.10 Å². The molecule has 0 atom stereocenters. The number of aliphatic hydroxyl groups excluding tert-OH is 1. The van der Waals surface area contributed by atoms with Crippen LogP contribution in [0.5, 0.6) is 0 Å². The fourth-order valence-electron chi connectivity index (χ4n) is 0. The molecular formula is C14H36O. The molecule has 0 aliphatic rings. The third-order valence-corrected chi connectivity index (χ3v) is 0. The van der Waals surface area contributed by atoms with Crippen LogP contribution >= 0.6 is 0 Å². The Bertz CT molecular complexity index is 43.2. The molecule has 0 unspecified atom stereocenters. The van der Waals surface area contributed by atoms with Gasteiger partial charge in [0.1, 0.15) is 0 Å². The predicted molar refractivity (Wildman–Crippen MR) is 74.3 cm³/mol. The van der Waals surface area contributed by atoms with Crippen molar-refractivity contribution in [2.75, 3.05) is 0 Å². The average Bonchev–Trinajstić information content (AvgIpc) is 1.81. The van der Waals surface area contributed by atoms with Crippen LogP contribution in [0, 0.1) is 11.8 Å². The molecule has 0 aromatic carbocycles. The van der Waals surface area contributed by atoms with Crippen molar-refractivity contribution in [3.63, 3.8) is 0 Å². The van der Waals surface area contributed by atoms with Gasteiger partial charge in [0.25, 0.3) is 0 Å². The molecule has 0 aromatic rings. The summed E-state index contributed by atoms with van der Waals surface area (Å²) in [4.78, 5) is 0. The lowest BCUT2D eigenvalue weighted by Crippen LogP contribution is -1.85. The Balaban J connectivity index is -0.0000000542. The van der Waals surface area contributed by atoms with Crippen LogP contribution in [0.2, 0.25) is 0 Å². The monoisotopic (exact) mass is 220 g/mol. The van der Waals surface area contributed by atoms with Crippen LogP contribution in [-0.4, -0.2) is 11.2 Å². The molecule has 0 fully saturated rings. The molecule has 98 valence electrons. The van der Waals surface area contributed by atoms with E-state index in [1.54, 1.807) is 13.8 Å². The van der Waals surface area contributed by atoms with Crippen molar-refractivity contribution in [2.24, 2.45) is 11.8 Å². The van der Waals surface area contributed by atoms with Gasteiger partial charge in [-0.25, -0.2) is 0 Å². The van der Waals surface area contributed by atoms with Crippen LogP contribution in [0.4, 0.5) is 0 Å². The summed E-state index contributed by atoms with van der Waals surface area (Å²) in [7, 11) is 0. The smallest absolute Gasteiger partial charge is 0.0483 e. The van der Waals surface area contributed by atoms with E-state index >= 15 is 0 Å². The largest absolute Gasteiger partial charge is 0.394 e. The first-order valence-corrected chi connectivity index (χ1v) is 6.29. The lowest BCUT2D eigenvalue weighted by molar-refractivity contribution is 0.216. The van der Waals surface area contributed by atoms with E-state index in [0.29, 0.717) is 0 Å². The van der Waals surface area contributed by atoms with E-state index < -0.39 is 0 Å². The van der Waals surface area contributed by atoms with Crippen molar-refractivity contribution in [3.05, 3.63) is 0 Å². The van der Waals surface area contributed by atoms with Gasteiger partial charge in [-0.1, -0.05) is 61.8 Å². The first kappa shape index (κ1) is 24.3. The molecule has 0 rings (SSSR count). The van der Waals surface area contributed by atoms with Crippen LogP contribution in [-0.2, 0) is 0 Å². The zero-order valence-electron chi connectivity index (χ0n) is 12.9. The Morgan fingerprint density at radius 1 is 0.667 bits per heavy atom. The van der Waals surface area contributed by atoms with E-state index in [9.17, 15) is 0 Å². The Hall–Kier alpha value is -0.0400. The third-order valence-electron chi connectivity index (χ3n) is 0. The molecule has 0 heterocycles. The summed E-state index contributed by atoms with van der Waals surface area (Å²) < 4.78 is 0. The molecule has 0 spiro atoms. The SMILES string of the molecule is CC(C)C.CC(C)C.CC(C)O.CCC. The molecule has 0 aliphatic carbocycles. The lowest BCUT2D eigenvalue weighted by Gasteiger charge is -1.80. The van der Waals surface area contributed by atoms with Crippen molar-refractivity contribution in [1.82, 2.24) is 0 Å². The Kier molecular flexibility index (Phi) is 38.2. The summed E-state index contributed by atoms with van der Waals surface area (Å²) in [6, 6.07) is 0. The van der Waals surface area contributed by atoms with Gasteiger partial charge >= 0.3 is 0 Å². The van der Waals surface area contributed by atoms with Crippen molar-refractivity contribution in [2.45, 2.75) is 81.8 Å². The summed E-state index contributed by atoms with van der Waals surface area (Å²) in [5.74, 6) is 1.67. The van der Waals surface area contributed by atoms with E-state index in [4.69, 9.17) is 5.11 Å². The Labute approximate surface area is 99.3 Å². The standard InChI is InChI=1S/2C4H10.C3H8O.C3H8/c2*1-4(2)3;1-3(2)4;1-3-2/h2*4H,1-3H3;3-4H,1-2H3;3H2,1-2H3. The van der Waals surface area contributed by atoms with Gasteiger partial charge in [0, 0.05) is 6.10 Å². The number of hydrogen-bond acceptors (Lipinski definition) is 1. The molecule has 0 saturated heterocycles. The molecule has 0 aliphatic heterocycles. The minimum Gasteiger partial charge on any atom is -0.394 e. The van der Waals surface area contributed by atoms with Crippen LogP contribution in [0.1, 0.15) is 75.7 Å². The summed E-state index contributed by atoms with van der Waals surface area (Å²) >= 11 is 0. The van der Waals surface area contributed by atoms with Gasteiger partial charge in [-0.2, -0.15) is 0 Å². The molecule has 1 heteroatoms. The van der Waals surface area contributed by atoms with Crippen LogP contribution < -0.4 is 0 Å². The second kappa shape index (κ2) is 23.6. The lowest BCUT2D eigenvalue weighted by atomic mass is 10.3. The summed E-state index contributed by atoms with van der Waals surface area (Å²) in [6.45, 7) is 20.7. The molecule has 15 heavy (non-hydrogen) atoms. The van der Waals surface area contributed by atoms with Crippen molar-refractivity contribution in [1.29, 1.82) is 0 Å². The van der Waals surface area contributed by atoms with Crippen molar-refractivity contribution >= 4 is 0 Å². The quantitative estimate of drug-likeness (QED) is 0.600. The zero-order chi connectivity index (χ0) is 13.4. The fourth-order valence-corrected chi connectivity index (χ4v) is 0. The summed E-state index contributed by atoms with van der Waals surface area (Å²) in [5.41, 5.74) is 0. The topological polar surface area (TPSA) is 20.2 Å². The van der Waals surface area contributed by atoms with E-state index in [2.05, 4.69) is 55.4 Å². The van der Waals surface area contributed by atoms with Gasteiger partial charge in [0.15, 0.2) is 0 Å². The van der Waals surface area contributed by atoms with Gasteiger partial charge < -0.3 is 5.11 Å². The second-order valence-corrected chi connectivity index (χ2v) is 5.26. The average molecular weight is 220 g/mol. The molecule has 0 saturated carbocycles. The third kappa shape index (κ3) is 1250000. The minimum absolute atomic E-state index is 0.167. The number of aliphatic hydroxyl groups is 1. The first-order valence-electron chi connectivity index (χ1n) is 6.29. The Morgan fingerprint density at radius 3 is 0.667 bits per heavy atom. The maximum absolute atomic E-state index is 8.06. The highest BCUT2D eigenvalue weighted by molar-refractivity contribution is 4.21. The molecule has 0 radical (unpaired) electrons. The fraction of sp³-hybridized carbons (Fsp3) is 1.00. The highest BCUT2D eigenvalue weighted by Gasteiger charge is 1.69. The maximum Gasteiger partial charge on any atom is 0.0483 e. The molecule has 0 amide bonds. The van der Waals surface area contributed by atoms with E-state index in [1.807, 2.05) is 0 Å². The summed E-state index contributed by atoms with van der Waals surface area (Å²) in [5, 5.41) is 8.06. The van der Waals surface area contributed by atoms with Crippen molar-refractivity contribution < 1.29 is 5.11 Å². The second-order valence-electron chi connectivity index (χ2n) is 5.26. The zero-order valence-corrected chi connectivity index (χ0v) is 12.9. The predicted octanol–water partition coefficient (Wildman–Crippen LogP) is 5.13. The first-order chi connectivity index (χ1) is 6.61. The minimum atomic E-state index is -0.167. The highest BCUT2D eigenvalue weighted by atomic mass is 16.3. The summed E-state index contributed by atoms with van der Waals surface area (Å²) in [6.07, 6.45) is 1.08. The van der Waals surface area contributed by atoms with Crippen LogP contribution in [0.3, 0.4) is 0 Å². The Morgan fingerprint density at radius 2 is 0.667 bits per heavy atom. The molecular weight excluding hydrogens is 184 g/mol. The molecule has 0 bridgehead atoms.